The quantitative estimate of drug-likeness (QED) is 0.909. The van der Waals surface area contributed by atoms with Gasteiger partial charge in [-0.25, -0.2) is 8.42 Å². The van der Waals surface area contributed by atoms with Crippen molar-refractivity contribution >= 4 is 15.7 Å². The third-order valence-electron chi connectivity index (χ3n) is 4.23. The Morgan fingerprint density at radius 3 is 2.29 bits per heavy atom. The van der Waals surface area contributed by atoms with E-state index in [9.17, 15) is 8.42 Å². The summed E-state index contributed by atoms with van der Waals surface area (Å²) in [5.41, 5.74) is 2.94. The molecule has 0 amide bonds. The van der Waals surface area contributed by atoms with Crippen LogP contribution in [0.5, 0.6) is 0 Å². The standard InChI is InChI=1S/C16H26N2O2S/c1-13-10-14(2)12-16(11-13)18(3)21(19,20)9-6-15-4-7-17-8-5-15/h10-12,15,17H,4-9H2,1-3H3. The highest BCUT2D eigenvalue weighted by Crippen LogP contribution is 2.23. The Morgan fingerprint density at radius 2 is 1.71 bits per heavy atom. The second-order valence-electron chi connectivity index (χ2n) is 6.11. The smallest absolute Gasteiger partial charge is 0.234 e. The molecule has 1 aromatic rings. The van der Waals surface area contributed by atoms with E-state index in [0.29, 0.717) is 5.92 Å². The SMILES string of the molecule is Cc1cc(C)cc(N(C)S(=O)(=O)CCC2CCNCC2)c1. The number of nitrogens with one attached hydrogen (secondary N) is 1. The summed E-state index contributed by atoms with van der Waals surface area (Å²) in [5.74, 6) is 0.773. The topological polar surface area (TPSA) is 49.4 Å². The van der Waals surface area contributed by atoms with Crippen LogP contribution in [0, 0.1) is 19.8 Å². The Bertz CT molecular complexity index is 558. The maximum Gasteiger partial charge on any atom is 0.234 e. The average molecular weight is 310 g/mol. The minimum absolute atomic E-state index is 0.237. The van der Waals surface area contributed by atoms with Gasteiger partial charge in [-0.2, -0.15) is 0 Å². The van der Waals surface area contributed by atoms with Gasteiger partial charge in [-0.15, -0.1) is 0 Å². The van der Waals surface area contributed by atoms with E-state index in [1.165, 1.54) is 4.31 Å². The first-order valence-electron chi connectivity index (χ1n) is 7.64. The molecule has 1 aliphatic rings. The molecule has 0 aromatic heterocycles. The van der Waals surface area contributed by atoms with Crippen molar-refractivity contribution in [2.75, 3.05) is 30.2 Å². The van der Waals surface area contributed by atoms with E-state index in [2.05, 4.69) is 11.4 Å². The number of piperidine rings is 1. The Balaban J connectivity index is 2.03. The van der Waals surface area contributed by atoms with Gasteiger partial charge in [0, 0.05) is 7.05 Å². The maximum absolute atomic E-state index is 12.5. The van der Waals surface area contributed by atoms with Crippen LogP contribution in [0.25, 0.3) is 0 Å². The summed E-state index contributed by atoms with van der Waals surface area (Å²) in [6, 6.07) is 5.91. The second kappa shape index (κ2) is 6.79. The predicted octanol–water partition coefficient (Wildman–Crippen LogP) is 2.46. The number of hydrogen-bond acceptors (Lipinski definition) is 3. The third kappa shape index (κ3) is 4.45. The largest absolute Gasteiger partial charge is 0.317 e. The molecule has 0 atom stereocenters. The summed E-state index contributed by atoms with van der Waals surface area (Å²) in [4.78, 5) is 0. The Hall–Kier alpha value is -1.07. The van der Waals surface area contributed by atoms with Gasteiger partial charge in [-0.1, -0.05) is 6.07 Å². The highest BCUT2D eigenvalue weighted by Gasteiger charge is 2.22. The van der Waals surface area contributed by atoms with E-state index in [4.69, 9.17) is 0 Å². The zero-order valence-corrected chi connectivity index (χ0v) is 14.0. The minimum atomic E-state index is -3.23. The van der Waals surface area contributed by atoms with Gasteiger partial charge in [0.05, 0.1) is 11.4 Å². The van der Waals surface area contributed by atoms with E-state index in [0.717, 1.165) is 49.2 Å². The summed E-state index contributed by atoms with van der Waals surface area (Å²) in [7, 11) is -1.57. The number of hydrogen-bond donors (Lipinski definition) is 1. The molecule has 0 unspecified atom stereocenters. The summed E-state index contributed by atoms with van der Waals surface area (Å²) >= 11 is 0. The second-order valence-corrected chi connectivity index (χ2v) is 8.23. The molecule has 4 nitrogen and oxygen atoms in total. The zero-order chi connectivity index (χ0) is 15.5. The lowest BCUT2D eigenvalue weighted by Gasteiger charge is -2.25. The van der Waals surface area contributed by atoms with Crippen molar-refractivity contribution < 1.29 is 8.42 Å². The Labute approximate surface area is 128 Å². The van der Waals surface area contributed by atoms with Gasteiger partial charge in [0.2, 0.25) is 10.0 Å². The van der Waals surface area contributed by atoms with Crippen molar-refractivity contribution in [3.8, 4) is 0 Å². The lowest BCUT2D eigenvalue weighted by atomic mass is 9.96. The first kappa shape index (κ1) is 16.3. The van der Waals surface area contributed by atoms with Crippen molar-refractivity contribution in [1.82, 2.24) is 5.32 Å². The first-order chi connectivity index (χ1) is 9.88. The molecule has 1 saturated heterocycles. The van der Waals surface area contributed by atoms with Crippen LogP contribution in [0.15, 0.2) is 18.2 Å². The molecule has 2 rings (SSSR count). The van der Waals surface area contributed by atoms with Gasteiger partial charge in [-0.05, 0) is 75.4 Å². The van der Waals surface area contributed by atoms with Crippen molar-refractivity contribution in [2.45, 2.75) is 33.1 Å². The Kier molecular flexibility index (Phi) is 5.27. The number of nitrogens with zero attached hydrogens (tertiary/aromatic N) is 1. The molecule has 0 radical (unpaired) electrons. The zero-order valence-electron chi connectivity index (χ0n) is 13.2. The van der Waals surface area contributed by atoms with Gasteiger partial charge in [-0.3, -0.25) is 4.31 Å². The summed E-state index contributed by atoms with van der Waals surface area (Å²) in [5, 5.41) is 3.31. The highest BCUT2D eigenvalue weighted by molar-refractivity contribution is 7.92. The van der Waals surface area contributed by atoms with E-state index in [1.54, 1.807) is 7.05 Å². The van der Waals surface area contributed by atoms with Crippen LogP contribution in [0.1, 0.15) is 30.4 Å². The van der Waals surface area contributed by atoms with Crippen LogP contribution in [0.3, 0.4) is 0 Å². The van der Waals surface area contributed by atoms with Crippen molar-refractivity contribution in [3.63, 3.8) is 0 Å². The molecule has 0 saturated carbocycles. The van der Waals surface area contributed by atoms with Crippen LogP contribution < -0.4 is 9.62 Å². The number of anilines is 1. The fraction of sp³-hybridized carbons (Fsp3) is 0.625. The van der Waals surface area contributed by atoms with Crippen LogP contribution in [0.2, 0.25) is 0 Å². The third-order valence-corrected chi connectivity index (χ3v) is 6.03. The van der Waals surface area contributed by atoms with Gasteiger partial charge >= 0.3 is 0 Å². The molecule has 118 valence electrons. The fourth-order valence-electron chi connectivity index (χ4n) is 2.92. The molecule has 1 aliphatic heterocycles. The first-order valence-corrected chi connectivity index (χ1v) is 9.25. The highest BCUT2D eigenvalue weighted by atomic mass is 32.2. The average Bonchev–Trinajstić information content (AvgIpc) is 2.44. The van der Waals surface area contributed by atoms with Crippen molar-refractivity contribution in [3.05, 3.63) is 29.3 Å². The molecule has 1 aromatic carbocycles. The van der Waals surface area contributed by atoms with Gasteiger partial charge in [0.25, 0.3) is 0 Å². The molecule has 21 heavy (non-hydrogen) atoms. The van der Waals surface area contributed by atoms with Gasteiger partial charge in [0.15, 0.2) is 0 Å². The van der Waals surface area contributed by atoms with E-state index < -0.39 is 10.0 Å². The number of benzene rings is 1. The molecular weight excluding hydrogens is 284 g/mol. The van der Waals surface area contributed by atoms with Gasteiger partial charge in [0.1, 0.15) is 0 Å². The lowest BCUT2D eigenvalue weighted by Crippen LogP contribution is -2.32. The molecule has 1 N–H and O–H groups in total. The Morgan fingerprint density at radius 1 is 1.14 bits per heavy atom. The maximum atomic E-state index is 12.5. The monoisotopic (exact) mass is 310 g/mol. The predicted molar refractivity (Wildman–Crippen MR) is 88.3 cm³/mol. The molecule has 0 aliphatic carbocycles. The molecular formula is C16H26N2O2S. The fourth-order valence-corrected chi connectivity index (χ4v) is 4.25. The van der Waals surface area contributed by atoms with Crippen LogP contribution in [0.4, 0.5) is 5.69 Å². The lowest BCUT2D eigenvalue weighted by molar-refractivity contribution is 0.365. The number of sulfonamides is 1. The summed E-state index contributed by atoms with van der Waals surface area (Å²) in [6.45, 7) is 6.01. The molecule has 0 spiro atoms. The summed E-state index contributed by atoms with van der Waals surface area (Å²) in [6.07, 6.45) is 2.94. The molecule has 1 heterocycles. The van der Waals surface area contributed by atoms with Crippen LogP contribution >= 0.6 is 0 Å². The molecule has 0 bridgehead atoms. The van der Waals surface area contributed by atoms with Crippen molar-refractivity contribution in [2.24, 2.45) is 5.92 Å². The van der Waals surface area contributed by atoms with E-state index in [-0.39, 0.29) is 5.75 Å². The van der Waals surface area contributed by atoms with E-state index >= 15 is 0 Å². The summed E-state index contributed by atoms with van der Waals surface area (Å²) < 4.78 is 26.5. The number of rotatable bonds is 5. The van der Waals surface area contributed by atoms with Crippen molar-refractivity contribution in [1.29, 1.82) is 0 Å². The van der Waals surface area contributed by atoms with E-state index in [1.807, 2.05) is 26.0 Å². The number of aryl methyl sites for hydroxylation is 2. The van der Waals surface area contributed by atoms with Crippen LogP contribution in [-0.2, 0) is 10.0 Å². The van der Waals surface area contributed by atoms with Crippen LogP contribution in [-0.4, -0.2) is 34.3 Å². The molecule has 5 heteroatoms. The molecule has 1 fully saturated rings. The normalized spacial score (nSPS) is 16.9. The minimum Gasteiger partial charge on any atom is -0.317 e. The van der Waals surface area contributed by atoms with Gasteiger partial charge < -0.3 is 5.32 Å².